The van der Waals surface area contributed by atoms with Crippen molar-refractivity contribution in [1.29, 1.82) is 0 Å². The summed E-state index contributed by atoms with van der Waals surface area (Å²) >= 11 is 0. The Hall–Kier alpha value is -0.315. The van der Waals surface area contributed by atoms with Crippen molar-refractivity contribution < 1.29 is 85.3 Å². The zero-order chi connectivity index (χ0) is 20.0. The normalized spacial score (nSPS) is 26.5. The number of ether oxygens (including phenoxy) is 1. The summed E-state index contributed by atoms with van der Waals surface area (Å²) in [6.07, 6.45) is -3.35. The molecule has 0 bridgehead atoms. The van der Waals surface area contributed by atoms with Crippen LogP contribution in [0.15, 0.2) is 12.7 Å². The van der Waals surface area contributed by atoms with Crippen molar-refractivity contribution in [3.05, 3.63) is 12.7 Å². The third kappa shape index (κ3) is 6.11. The maximum atomic E-state index is 11.4. The van der Waals surface area contributed by atoms with Crippen LogP contribution in [0.1, 0.15) is 6.23 Å². The molecule has 0 saturated carbocycles. The first-order valence-corrected chi connectivity index (χ1v) is 10.1. The Balaban J connectivity index is 0.00000210. The van der Waals surface area contributed by atoms with Gasteiger partial charge in [-0.2, -0.15) is 0 Å². The van der Waals surface area contributed by atoms with Crippen molar-refractivity contribution >= 4 is 32.6 Å². The van der Waals surface area contributed by atoms with Gasteiger partial charge in [-0.05, 0) is 0 Å². The van der Waals surface area contributed by atoms with Crippen LogP contribution < -0.4 is 53.2 Å². The molecule has 19 heteroatoms. The molecule has 0 aliphatic carbocycles. The molecule has 2 aromatic rings. The smallest absolute Gasteiger partial charge is 0.789 e. The van der Waals surface area contributed by atoms with E-state index in [0.717, 1.165) is 6.33 Å². The van der Waals surface area contributed by atoms with Crippen LogP contribution >= 0.6 is 15.6 Å². The van der Waals surface area contributed by atoms with E-state index in [1.807, 2.05) is 0 Å². The van der Waals surface area contributed by atoms with Gasteiger partial charge in [-0.15, -0.1) is 0 Å². The molecule has 3 rings (SSSR count). The van der Waals surface area contributed by atoms with Crippen molar-refractivity contribution in [2.75, 3.05) is 12.3 Å². The van der Waals surface area contributed by atoms with Crippen molar-refractivity contribution in [3.8, 4) is 0 Å². The van der Waals surface area contributed by atoms with Gasteiger partial charge in [0, 0.05) is 0 Å². The number of nitrogen functional groups attached to an aromatic ring is 1. The van der Waals surface area contributed by atoms with Gasteiger partial charge in [0.25, 0.3) is 0 Å². The van der Waals surface area contributed by atoms with Gasteiger partial charge in [0.15, 0.2) is 17.7 Å². The molecule has 0 aromatic carbocycles. The van der Waals surface area contributed by atoms with E-state index < -0.39 is 46.8 Å². The number of imidazole rings is 1. The van der Waals surface area contributed by atoms with Crippen molar-refractivity contribution in [1.82, 2.24) is 19.5 Å². The van der Waals surface area contributed by atoms with Gasteiger partial charge < -0.3 is 39.9 Å². The molecule has 2 aromatic heterocycles. The standard InChI is InChI=1S/C10H15N5O10P2.2Li/c11-8-5-9(13-2-12-8)15(3-14-5)10-7(17)6(16)4(24-10)1-23-27(21,22)25-26(18,19)20;;/h2-4,6-7,10,16-17H,1H2,(H,21,22)(H2,11,12,13)(H2,18,19,20);;/q;2*+1/p-2/t4-,6-,7-,10-;;/m1../s1. The number of nitrogens with two attached hydrogens (primary N) is 1. The van der Waals surface area contributed by atoms with Gasteiger partial charge in [0.05, 0.1) is 20.8 Å². The van der Waals surface area contributed by atoms with E-state index in [4.69, 9.17) is 10.5 Å². The van der Waals surface area contributed by atoms with E-state index in [0.29, 0.717) is 0 Å². The largest absolute Gasteiger partial charge is 1.00 e. The summed E-state index contributed by atoms with van der Waals surface area (Å²) in [6, 6.07) is 0. The first-order chi connectivity index (χ1) is 12.5. The molecule has 5 atom stereocenters. The molecule has 15 nitrogen and oxygen atoms in total. The molecule has 0 amide bonds. The molecule has 1 aliphatic heterocycles. The first kappa shape index (κ1) is 26.7. The van der Waals surface area contributed by atoms with Crippen LogP contribution in [0.5, 0.6) is 0 Å². The fourth-order valence-electron chi connectivity index (χ4n) is 2.47. The molecule has 1 fully saturated rings. The minimum Gasteiger partial charge on any atom is -0.789 e. The van der Waals surface area contributed by atoms with Gasteiger partial charge in [0.2, 0.25) is 0 Å². The van der Waals surface area contributed by atoms with Crippen LogP contribution in [0.25, 0.3) is 11.2 Å². The molecule has 1 unspecified atom stereocenters. The fourth-order valence-corrected chi connectivity index (χ4v) is 4.01. The SMILES string of the molecule is Nc1ncnc2c1ncn2[C@@H]1O[C@H](COP(=O)(O)OP(=O)([O-])[O-])[C@@H](O)[C@H]1O.[Li+].[Li+]. The molecular weight excluding hydrogens is 426 g/mol. The molecule has 1 saturated heterocycles. The Kier molecular flexibility index (Phi) is 9.10. The number of nitrogens with zero attached hydrogens (tertiary/aromatic N) is 4. The number of fused-ring (bicyclic) bond motifs is 1. The molecule has 150 valence electrons. The van der Waals surface area contributed by atoms with Crippen LogP contribution in [-0.2, 0) is 22.7 Å². The Bertz CT molecular complexity index is 943. The second kappa shape index (κ2) is 9.87. The Morgan fingerprint density at radius 2 is 1.86 bits per heavy atom. The summed E-state index contributed by atoms with van der Waals surface area (Å²) in [6.45, 7) is -0.869. The third-order valence-electron chi connectivity index (χ3n) is 3.60. The maximum absolute atomic E-state index is 11.4. The van der Waals surface area contributed by atoms with E-state index in [1.54, 1.807) is 0 Å². The number of anilines is 1. The molecule has 3 heterocycles. The summed E-state index contributed by atoms with van der Waals surface area (Å²) in [7, 11) is -11.0. The number of rotatable bonds is 6. The second-order valence-corrected chi connectivity index (χ2v) is 8.17. The van der Waals surface area contributed by atoms with Crippen LogP contribution in [-0.4, -0.2) is 59.5 Å². The number of hydrogen-bond acceptors (Lipinski definition) is 13. The second-order valence-electron chi connectivity index (χ2n) is 5.42. The summed E-state index contributed by atoms with van der Waals surface area (Å²) < 4.78 is 36.2. The topological polar surface area (TPSA) is 238 Å². The zero-order valence-corrected chi connectivity index (χ0v) is 16.9. The Morgan fingerprint density at radius 3 is 2.48 bits per heavy atom. The van der Waals surface area contributed by atoms with Crippen LogP contribution in [0.4, 0.5) is 5.82 Å². The number of aliphatic hydroxyl groups is 2. The predicted molar refractivity (Wildman–Crippen MR) is 80.1 cm³/mol. The van der Waals surface area contributed by atoms with Crippen LogP contribution in [0.2, 0.25) is 0 Å². The van der Waals surface area contributed by atoms with Gasteiger partial charge in [-0.1, -0.05) is 0 Å². The predicted octanol–water partition coefficient (Wildman–Crippen LogP) is -9.00. The molecular formula is C10H13Li2N5O10P2. The van der Waals surface area contributed by atoms with Gasteiger partial charge in [-0.3, -0.25) is 13.4 Å². The fraction of sp³-hybridized carbons (Fsp3) is 0.500. The Morgan fingerprint density at radius 1 is 1.21 bits per heavy atom. The van der Waals surface area contributed by atoms with E-state index in [1.165, 1.54) is 10.9 Å². The van der Waals surface area contributed by atoms with Gasteiger partial charge in [0.1, 0.15) is 30.2 Å². The number of aromatic nitrogens is 4. The zero-order valence-electron chi connectivity index (χ0n) is 15.1. The van der Waals surface area contributed by atoms with E-state index >= 15 is 0 Å². The molecule has 29 heavy (non-hydrogen) atoms. The van der Waals surface area contributed by atoms with Gasteiger partial charge >= 0.3 is 45.5 Å². The summed E-state index contributed by atoms with van der Waals surface area (Å²) in [5.74, 6) is 0.0738. The maximum Gasteiger partial charge on any atom is 1.00 e. The first-order valence-electron chi connectivity index (χ1n) is 7.14. The van der Waals surface area contributed by atoms with E-state index in [-0.39, 0.29) is 54.7 Å². The van der Waals surface area contributed by atoms with Crippen LogP contribution in [0.3, 0.4) is 0 Å². The molecule has 0 radical (unpaired) electrons. The summed E-state index contributed by atoms with van der Waals surface area (Å²) in [5, 5.41) is 20.2. The Labute approximate surface area is 186 Å². The molecule has 5 N–H and O–H groups in total. The van der Waals surface area contributed by atoms with E-state index in [2.05, 4.69) is 23.8 Å². The van der Waals surface area contributed by atoms with Crippen molar-refractivity contribution in [2.24, 2.45) is 0 Å². The van der Waals surface area contributed by atoms with Crippen LogP contribution in [0, 0.1) is 0 Å². The summed E-state index contributed by atoms with van der Waals surface area (Å²) in [4.78, 5) is 41.7. The molecule has 0 spiro atoms. The minimum absolute atomic E-state index is 0. The quantitative estimate of drug-likeness (QED) is 0.242. The van der Waals surface area contributed by atoms with E-state index in [9.17, 15) is 34.0 Å². The molecule has 1 aliphatic rings. The average Bonchev–Trinajstić information content (AvgIpc) is 3.07. The monoisotopic (exact) mass is 439 g/mol. The van der Waals surface area contributed by atoms with Crippen molar-refractivity contribution in [3.63, 3.8) is 0 Å². The number of phosphoric ester groups is 1. The number of aliphatic hydroxyl groups excluding tert-OH is 2. The number of phosphoric acid groups is 2. The third-order valence-corrected chi connectivity index (χ3v) is 5.70. The van der Waals surface area contributed by atoms with Crippen molar-refractivity contribution in [2.45, 2.75) is 24.5 Å². The minimum atomic E-state index is -5.79. The summed E-state index contributed by atoms with van der Waals surface area (Å²) in [5.41, 5.74) is 6.07. The number of hydrogen-bond donors (Lipinski definition) is 4. The average molecular weight is 439 g/mol. The van der Waals surface area contributed by atoms with Gasteiger partial charge in [-0.25, -0.2) is 19.5 Å².